The van der Waals surface area contributed by atoms with Crippen molar-refractivity contribution < 1.29 is 9.59 Å². The molecule has 2 aromatic rings. The summed E-state index contributed by atoms with van der Waals surface area (Å²) in [5.74, 6) is -0.409. The number of amides is 3. The molecule has 2 N–H and O–H groups in total. The number of nitrogens with zero attached hydrogens (tertiary/aromatic N) is 2. The minimum atomic E-state index is -0.409. The summed E-state index contributed by atoms with van der Waals surface area (Å²) >= 11 is 18.0. The van der Waals surface area contributed by atoms with Gasteiger partial charge < -0.3 is 15.5 Å². The van der Waals surface area contributed by atoms with Crippen LogP contribution < -0.4 is 10.6 Å². The van der Waals surface area contributed by atoms with Crippen molar-refractivity contribution in [1.82, 2.24) is 15.2 Å². The Morgan fingerprint density at radius 3 is 2.36 bits per heavy atom. The Balaban J connectivity index is 2.13. The monoisotopic (exact) mass is 400 g/mol. The number of nitrogens with one attached hydrogen (secondary N) is 2. The second-order valence-electron chi connectivity index (χ2n) is 5.29. The van der Waals surface area contributed by atoms with Crippen LogP contribution in [0.2, 0.25) is 15.1 Å². The molecule has 0 bridgehead atoms. The first kappa shape index (κ1) is 19.3. The number of urea groups is 1. The molecule has 0 spiro atoms. The van der Waals surface area contributed by atoms with E-state index in [2.05, 4.69) is 15.6 Å². The first-order valence-corrected chi connectivity index (χ1v) is 8.27. The van der Waals surface area contributed by atoms with Gasteiger partial charge in [-0.15, -0.1) is 0 Å². The van der Waals surface area contributed by atoms with Crippen LogP contribution in [0.4, 0.5) is 10.5 Å². The van der Waals surface area contributed by atoms with E-state index < -0.39 is 5.91 Å². The average Bonchev–Trinajstić information content (AvgIpc) is 2.55. The fraction of sp³-hybridized carbons (Fsp3) is 0.188. The lowest BCUT2D eigenvalue weighted by atomic mass is 10.2. The number of anilines is 1. The second kappa shape index (κ2) is 8.38. The van der Waals surface area contributed by atoms with Crippen LogP contribution in [-0.4, -0.2) is 35.9 Å². The van der Waals surface area contributed by atoms with Crippen LogP contribution in [0.15, 0.2) is 30.5 Å². The van der Waals surface area contributed by atoms with E-state index in [1.54, 1.807) is 26.2 Å². The minimum absolute atomic E-state index is 0.195. The van der Waals surface area contributed by atoms with Crippen molar-refractivity contribution in [2.75, 3.05) is 19.4 Å². The maximum Gasteiger partial charge on any atom is 0.317 e. The van der Waals surface area contributed by atoms with Gasteiger partial charge in [0.1, 0.15) is 0 Å². The number of rotatable bonds is 4. The van der Waals surface area contributed by atoms with Crippen molar-refractivity contribution in [3.63, 3.8) is 0 Å². The van der Waals surface area contributed by atoms with Gasteiger partial charge in [0, 0.05) is 30.9 Å². The number of benzene rings is 1. The van der Waals surface area contributed by atoms with Gasteiger partial charge >= 0.3 is 6.03 Å². The van der Waals surface area contributed by atoms with Gasteiger partial charge in [-0.25, -0.2) is 4.79 Å². The molecule has 1 aromatic heterocycles. The van der Waals surface area contributed by atoms with E-state index in [0.717, 1.165) is 0 Å². The van der Waals surface area contributed by atoms with Gasteiger partial charge in [-0.2, -0.15) is 0 Å². The Kier molecular flexibility index (Phi) is 6.47. The van der Waals surface area contributed by atoms with Crippen LogP contribution in [0, 0.1) is 0 Å². The maximum absolute atomic E-state index is 12.4. The molecule has 0 unspecified atom stereocenters. The molecule has 25 heavy (non-hydrogen) atoms. The molecule has 0 aliphatic heterocycles. The molecule has 0 saturated heterocycles. The molecule has 3 amide bonds. The zero-order valence-corrected chi connectivity index (χ0v) is 15.7. The first-order valence-electron chi connectivity index (χ1n) is 7.14. The van der Waals surface area contributed by atoms with Crippen LogP contribution in [0.5, 0.6) is 0 Å². The van der Waals surface area contributed by atoms with Crippen molar-refractivity contribution in [2.45, 2.75) is 6.54 Å². The molecule has 9 heteroatoms. The topological polar surface area (TPSA) is 74.3 Å². The molecule has 0 radical (unpaired) electrons. The van der Waals surface area contributed by atoms with E-state index in [-0.39, 0.29) is 28.3 Å². The van der Waals surface area contributed by atoms with Gasteiger partial charge in [0.25, 0.3) is 5.91 Å². The third-order valence-corrected chi connectivity index (χ3v) is 3.97. The van der Waals surface area contributed by atoms with Crippen molar-refractivity contribution in [3.8, 4) is 0 Å². The number of halogens is 3. The Morgan fingerprint density at radius 2 is 1.76 bits per heavy atom. The summed E-state index contributed by atoms with van der Waals surface area (Å²) in [5.41, 5.74) is 1.17. The van der Waals surface area contributed by atoms with Crippen molar-refractivity contribution in [3.05, 3.63) is 56.8 Å². The molecule has 1 heterocycles. The molecule has 0 fully saturated rings. The second-order valence-corrected chi connectivity index (χ2v) is 6.54. The van der Waals surface area contributed by atoms with Crippen molar-refractivity contribution >= 4 is 52.4 Å². The van der Waals surface area contributed by atoms with Crippen LogP contribution >= 0.6 is 34.8 Å². The molecule has 6 nitrogen and oxygen atoms in total. The lowest BCUT2D eigenvalue weighted by Crippen LogP contribution is -2.34. The van der Waals surface area contributed by atoms with Crippen LogP contribution in [0.1, 0.15) is 16.1 Å². The highest BCUT2D eigenvalue weighted by molar-refractivity contribution is 6.42. The van der Waals surface area contributed by atoms with Gasteiger partial charge in [-0.3, -0.25) is 9.78 Å². The van der Waals surface area contributed by atoms with E-state index in [1.165, 1.54) is 23.2 Å². The van der Waals surface area contributed by atoms with E-state index in [0.29, 0.717) is 16.3 Å². The summed E-state index contributed by atoms with van der Waals surface area (Å²) in [6.07, 6.45) is 1.48. The number of carbonyl (C=O) groups is 2. The summed E-state index contributed by atoms with van der Waals surface area (Å²) in [6, 6.07) is 5.84. The Hall–Kier alpha value is -2.02. The molecular weight excluding hydrogens is 387 g/mol. The SMILES string of the molecule is CN(C)C(=O)NCc1cc(C(=O)Nc2c(Cl)cc(Cl)cc2Cl)ccn1. The molecule has 2 rings (SSSR count). The van der Waals surface area contributed by atoms with Crippen LogP contribution in [0.25, 0.3) is 0 Å². The van der Waals surface area contributed by atoms with E-state index >= 15 is 0 Å². The molecule has 0 aliphatic rings. The highest BCUT2D eigenvalue weighted by Crippen LogP contribution is 2.33. The third-order valence-electron chi connectivity index (χ3n) is 3.15. The smallest absolute Gasteiger partial charge is 0.317 e. The predicted octanol–water partition coefficient (Wildman–Crippen LogP) is 4.07. The number of carbonyl (C=O) groups excluding carboxylic acids is 2. The van der Waals surface area contributed by atoms with Gasteiger partial charge in [-0.1, -0.05) is 34.8 Å². The molecule has 132 valence electrons. The highest BCUT2D eigenvalue weighted by Gasteiger charge is 2.14. The van der Waals surface area contributed by atoms with Gasteiger partial charge in [0.2, 0.25) is 0 Å². The van der Waals surface area contributed by atoms with Crippen LogP contribution in [0.3, 0.4) is 0 Å². The Bertz CT molecular complexity index is 789. The molecule has 1 aromatic carbocycles. The van der Waals surface area contributed by atoms with E-state index in [9.17, 15) is 9.59 Å². The molecular formula is C16H15Cl3N4O2. The highest BCUT2D eigenvalue weighted by atomic mass is 35.5. The maximum atomic E-state index is 12.4. The largest absolute Gasteiger partial charge is 0.332 e. The number of hydrogen-bond donors (Lipinski definition) is 2. The Labute approximate surface area is 160 Å². The first-order chi connectivity index (χ1) is 11.8. The summed E-state index contributed by atoms with van der Waals surface area (Å²) in [5, 5.41) is 6.16. The Morgan fingerprint density at radius 1 is 1.12 bits per heavy atom. The van der Waals surface area contributed by atoms with Gasteiger partial charge in [-0.05, 0) is 24.3 Å². The normalized spacial score (nSPS) is 10.3. The quantitative estimate of drug-likeness (QED) is 0.811. The van der Waals surface area contributed by atoms with E-state index in [4.69, 9.17) is 34.8 Å². The molecule has 0 atom stereocenters. The lowest BCUT2D eigenvalue weighted by Gasteiger charge is -2.12. The van der Waals surface area contributed by atoms with Crippen molar-refractivity contribution in [1.29, 1.82) is 0 Å². The van der Waals surface area contributed by atoms with Gasteiger partial charge in [0.15, 0.2) is 0 Å². The van der Waals surface area contributed by atoms with Gasteiger partial charge in [0.05, 0.1) is 28.0 Å². The lowest BCUT2D eigenvalue weighted by molar-refractivity contribution is 0.102. The number of aromatic nitrogens is 1. The minimum Gasteiger partial charge on any atom is -0.332 e. The predicted molar refractivity (Wildman–Crippen MR) is 99.6 cm³/mol. The average molecular weight is 402 g/mol. The molecule has 0 saturated carbocycles. The fourth-order valence-corrected chi connectivity index (χ4v) is 2.80. The summed E-state index contributed by atoms with van der Waals surface area (Å²) in [4.78, 5) is 29.5. The zero-order valence-electron chi connectivity index (χ0n) is 13.4. The van der Waals surface area contributed by atoms with Crippen LogP contribution in [-0.2, 0) is 6.54 Å². The van der Waals surface area contributed by atoms with E-state index in [1.807, 2.05) is 0 Å². The summed E-state index contributed by atoms with van der Waals surface area (Å²) < 4.78 is 0. The number of hydrogen-bond acceptors (Lipinski definition) is 3. The fourth-order valence-electron chi connectivity index (χ4n) is 1.89. The zero-order chi connectivity index (χ0) is 18.6. The standard InChI is InChI=1S/C16H15Cl3N4O2/c1-23(2)16(25)21-8-11-5-9(3-4-20-11)15(24)22-14-12(18)6-10(17)7-13(14)19/h3-7H,8H2,1-2H3,(H,21,25)(H,22,24). The molecule has 0 aliphatic carbocycles. The number of pyridine rings is 1. The summed E-state index contributed by atoms with van der Waals surface area (Å²) in [7, 11) is 3.26. The van der Waals surface area contributed by atoms with Crippen molar-refractivity contribution in [2.24, 2.45) is 0 Å². The summed E-state index contributed by atoms with van der Waals surface area (Å²) in [6.45, 7) is 0.195. The third kappa shape index (κ3) is 5.22.